The average Bonchev–Trinajstić information content (AvgIpc) is 3.32. The number of carbonyl (C=O) groups is 1. The lowest BCUT2D eigenvalue weighted by atomic mass is 9.83. The highest BCUT2D eigenvalue weighted by atomic mass is 16.8. The molecule has 3 heterocycles. The van der Waals surface area contributed by atoms with Crippen molar-refractivity contribution in [1.82, 2.24) is 5.48 Å². The number of nitrogens with one attached hydrogen (secondary N) is 1. The Kier molecular flexibility index (Phi) is 4.82. The van der Waals surface area contributed by atoms with Crippen molar-refractivity contribution in [2.75, 3.05) is 21.0 Å². The van der Waals surface area contributed by atoms with Crippen LogP contribution in [0.5, 0.6) is 17.2 Å². The molecule has 1 N–H and O–H groups in total. The minimum Gasteiger partial charge on any atom is -0.492 e. The van der Waals surface area contributed by atoms with E-state index in [9.17, 15) is 9.59 Å². The molecule has 172 valence electrons. The number of fused-ring (bicyclic) bond motifs is 6. The number of hydrogen-bond donors (Lipinski definition) is 1. The molecule has 0 unspecified atom stereocenters. The molecule has 0 amide bonds. The number of hydroxylamine groups is 1. The fourth-order valence-electron chi connectivity index (χ4n) is 4.66. The summed E-state index contributed by atoms with van der Waals surface area (Å²) in [7, 11) is 2.86. The van der Waals surface area contributed by atoms with Crippen molar-refractivity contribution in [3.63, 3.8) is 0 Å². The van der Waals surface area contributed by atoms with Gasteiger partial charge in [-0.2, -0.15) is 5.48 Å². The van der Waals surface area contributed by atoms with Crippen LogP contribution in [0.3, 0.4) is 0 Å². The summed E-state index contributed by atoms with van der Waals surface area (Å²) in [5.41, 5.74) is 2.74. The van der Waals surface area contributed by atoms with E-state index in [4.69, 9.17) is 37.7 Å². The molecule has 0 bridgehead atoms. The summed E-state index contributed by atoms with van der Waals surface area (Å²) in [4.78, 5) is 30.3. The summed E-state index contributed by atoms with van der Waals surface area (Å²) < 4.78 is 40.1. The first kappa shape index (κ1) is 21.0. The molecule has 1 aromatic carbocycles. The minimum atomic E-state index is -1.01. The predicted octanol–water partition coefficient (Wildman–Crippen LogP) is 1.86. The zero-order valence-corrected chi connectivity index (χ0v) is 18.2. The molecule has 4 atom stereocenters. The van der Waals surface area contributed by atoms with Crippen molar-refractivity contribution in [3.8, 4) is 17.2 Å². The second-order valence-corrected chi connectivity index (χ2v) is 8.13. The third-order valence-corrected chi connectivity index (χ3v) is 5.68. The standard InChI is InChI=1S/C21H23NO10/c1-8(23)29-17-13(22-26-5)11-9-6-10-14(28-7-27-10)15(25-4)12(9)20(24)30-16(11)18-19(17)32-21(2,3)31-18/h6,13,17-19,22H,7H2,1-5H3/t13-,17-,18-,19+/m0/s1. The van der Waals surface area contributed by atoms with Crippen molar-refractivity contribution < 1.29 is 42.5 Å². The Labute approximate surface area is 182 Å². The van der Waals surface area contributed by atoms with Gasteiger partial charge in [0.15, 0.2) is 23.4 Å². The Morgan fingerprint density at radius 2 is 2.00 bits per heavy atom. The Bertz CT molecular complexity index is 1160. The molecule has 2 aliphatic heterocycles. The molecule has 0 saturated carbocycles. The lowest BCUT2D eigenvalue weighted by Gasteiger charge is -2.37. The number of rotatable bonds is 4. The number of hydrogen-bond acceptors (Lipinski definition) is 11. The lowest BCUT2D eigenvalue weighted by Crippen LogP contribution is -2.48. The highest BCUT2D eigenvalue weighted by molar-refractivity contribution is 5.95. The van der Waals surface area contributed by atoms with Crippen LogP contribution in [0.1, 0.15) is 44.2 Å². The van der Waals surface area contributed by atoms with Crippen LogP contribution in [-0.2, 0) is 23.8 Å². The second-order valence-electron chi connectivity index (χ2n) is 8.13. The Morgan fingerprint density at radius 1 is 1.22 bits per heavy atom. The van der Waals surface area contributed by atoms with Gasteiger partial charge in [0.1, 0.15) is 29.4 Å². The van der Waals surface area contributed by atoms with Gasteiger partial charge in [-0.3, -0.25) is 4.79 Å². The van der Waals surface area contributed by atoms with Crippen LogP contribution < -0.4 is 25.3 Å². The maximum absolute atomic E-state index is 13.1. The van der Waals surface area contributed by atoms with E-state index in [1.54, 1.807) is 19.9 Å². The van der Waals surface area contributed by atoms with Gasteiger partial charge >= 0.3 is 11.6 Å². The van der Waals surface area contributed by atoms with Gasteiger partial charge in [-0.05, 0) is 19.9 Å². The van der Waals surface area contributed by atoms with Gasteiger partial charge in [0.2, 0.25) is 12.5 Å². The SMILES string of the molecule is CON[C@H]1c2c(oc(=O)c3c(OC)c4c(cc23)OCO4)[C@@H]2OC(C)(C)O[C@@H]2[C@H]1OC(C)=O. The smallest absolute Gasteiger partial charge is 0.347 e. The van der Waals surface area contributed by atoms with Gasteiger partial charge in [0, 0.05) is 17.9 Å². The molecule has 0 spiro atoms. The average molecular weight is 449 g/mol. The monoisotopic (exact) mass is 449 g/mol. The van der Waals surface area contributed by atoms with Crippen LogP contribution in [0.25, 0.3) is 10.8 Å². The van der Waals surface area contributed by atoms with E-state index in [0.29, 0.717) is 22.4 Å². The molecule has 1 saturated heterocycles. The van der Waals surface area contributed by atoms with Crippen molar-refractivity contribution in [3.05, 3.63) is 27.8 Å². The number of methoxy groups -OCH3 is 1. The normalized spacial score (nSPS) is 27.2. The molecule has 11 nitrogen and oxygen atoms in total. The van der Waals surface area contributed by atoms with Crippen LogP contribution in [0, 0.1) is 0 Å². The number of carbonyl (C=O) groups excluding carboxylic acids is 1. The highest BCUT2D eigenvalue weighted by Gasteiger charge is 2.56. The molecule has 32 heavy (non-hydrogen) atoms. The minimum absolute atomic E-state index is 0.0127. The van der Waals surface area contributed by atoms with Crippen LogP contribution in [0.2, 0.25) is 0 Å². The summed E-state index contributed by atoms with van der Waals surface area (Å²) in [6.07, 6.45) is -2.39. The molecular formula is C21H23NO10. The molecule has 11 heteroatoms. The Balaban J connectivity index is 1.84. The van der Waals surface area contributed by atoms with Crippen molar-refractivity contribution in [2.24, 2.45) is 0 Å². The van der Waals surface area contributed by atoms with E-state index >= 15 is 0 Å². The van der Waals surface area contributed by atoms with Gasteiger partial charge in [-0.25, -0.2) is 4.79 Å². The van der Waals surface area contributed by atoms with E-state index in [0.717, 1.165) is 0 Å². The van der Waals surface area contributed by atoms with Crippen LogP contribution in [-0.4, -0.2) is 45.0 Å². The zero-order valence-electron chi connectivity index (χ0n) is 18.2. The van der Waals surface area contributed by atoms with Crippen molar-refractivity contribution in [2.45, 2.75) is 50.9 Å². The van der Waals surface area contributed by atoms with Crippen molar-refractivity contribution in [1.29, 1.82) is 0 Å². The van der Waals surface area contributed by atoms with E-state index in [-0.39, 0.29) is 23.7 Å². The molecule has 0 radical (unpaired) electrons. The van der Waals surface area contributed by atoms with E-state index in [1.165, 1.54) is 21.1 Å². The number of ether oxygens (including phenoxy) is 6. The van der Waals surface area contributed by atoms with E-state index in [1.807, 2.05) is 0 Å². The molecule has 5 rings (SSSR count). The maximum Gasteiger partial charge on any atom is 0.347 e. The van der Waals surface area contributed by atoms with Gasteiger partial charge in [0.25, 0.3) is 0 Å². The van der Waals surface area contributed by atoms with Crippen LogP contribution in [0.4, 0.5) is 0 Å². The third kappa shape index (κ3) is 3.04. The summed E-state index contributed by atoms with van der Waals surface area (Å²) in [6, 6.07) is 0.918. The van der Waals surface area contributed by atoms with Crippen LogP contribution in [0.15, 0.2) is 15.3 Å². The van der Waals surface area contributed by atoms with E-state index < -0.39 is 41.7 Å². The van der Waals surface area contributed by atoms with E-state index in [2.05, 4.69) is 5.48 Å². The molecule has 2 aromatic rings. The molecular weight excluding hydrogens is 426 g/mol. The van der Waals surface area contributed by atoms with Gasteiger partial charge < -0.3 is 37.7 Å². The van der Waals surface area contributed by atoms with Gasteiger partial charge in [-0.1, -0.05) is 0 Å². The lowest BCUT2D eigenvalue weighted by molar-refractivity contribution is -0.176. The number of benzene rings is 1. The molecule has 3 aliphatic rings. The molecule has 1 aliphatic carbocycles. The Hall–Kier alpha value is -2.86. The summed E-state index contributed by atoms with van der Waals surface area (Å²) in [6.45, 7) is 4.75. The largest absolute Gasteiger partial charge is 0.492 e. The van der Waals surface area contributed by atoms with Gasteiger partial charge in [-0.15, -0.1) is 0 Å². The summed E-state index contributed by atoms with van der Waals surface area (Å²) in [5, 5.41) is 0.632. The quantitative estimate of drug-likeness (QED) is 0.543. The third-order valence-electron chi connectivity index (χ3n) is 5.68. The van der Waals surface area contributed by atoms with Crippen molar-refractivity contribution >= 4 is 16.7 Å². The molecule has 1 aromatic heterocycles. The second kappa shape index (κ2) is 7.34. The first-order valence-electron chi connectivity index (χ1n) is 10.0. The van der Waals surface area contributed by atoms with Gasteiger partial charge in [0.05, 0.1) is 14.2 Å². The fraction of sp³-hybridized carbons (Fsp3) is 0.524. The summed E-state index contributed by atoms with van der Waals surface area (Å²) >= 11 is 0. The topological polar surface area (TPSA) is 124 Å². The number of esters is 1. The predicted molar refractivity (Wildman–Crippen MR) is 106 cm³/mol. The maximum atomic E-state index is 13.1. The first-order valence-corrected chi connectivity index (χ1v) is 10.0. The van der Waals surface area contributed by atoms with Crippen LogP contribution >= 0.6 is 0 Å². The Morgan fingerprint density at radius 3 is 2.69 bits per heavy atom. The zero-order chi connectivity index (χ0) is 22.8. The molecule has 1 fully saturated rings. The highest BCUT2D eigenvalue weighted by Crippen LogP contribution is 2.53. The summed E-state index contributed by atoms with van der Waals surface area (Å²) in [5.74, 6) is -0.351. The first-order chi connectivity index (χ1) is 15.3. The fourth-order valence-corrected chi connectivity index (χ4v) is 4.66.